The molecule has 4 rings (SSSR count). The van der Waals surface area contributed by atoms with Crippen LogP contribution in [-0.4, -0.2) is 58.6 Å². The zero-order chi connectivity index (χ0) is 21.3. The van der Waals surface area contributed by atoms with Gasteiger partial charge in [0.1, 0.15) is 11.9 Å². The number of benzene rings is 2. The van der Waals surface area contributed by atoms with E-state index in [0.717, 1.165) is 6.07 Å². The predicted octanol–water partition coefficient (Wildman–Crippen LogP) is 2.35. The summed E-state index contributed by atoms with van der Waals surface area (Å²) in [5.74, 6) is -2.42. The van der Waals surface area contributed by atoms with Gasteiger partial charge in [-0.1, -0.05) is 18.2 Å². The quantitative estimate of drug-likeness (QED) is 0.535. The first-order chi connectivity index (χ1) is 14.5. The molecule has 0 atom stereocenters. The van der Waals surface area contributed by atoms with Gasteiger partial charge in [0.05, 0.1) is 16.6 Å². The Bertz CT molecular complexity index is 1190. The third-order valence-electron chi connectivity index (χ3n) is 5.22. The maximum atomic E-state index is 14.3. The molecule has 0 unspecified atom stereocenters. The van der Waals surface area contributed by atoms with Gasteiger partial charge in [-0.2, -0.15) is 5.26 Å². The SMILES string of the molecule is N#Cc1ccc(F)c2c(C(=O)C(=O)N3CCN(C(=O)c4ccccc4)CC3)c[nH]c12. The molecular formula is C22H17FN4O3. The predicted molar refractivity (Wildman–Crippen MR) is 106 cm³/mol. The lowest BCUT2D eigenvalue weighted by molar-refractivity contribution is -0.127. The second-order valence-corrected chi connectivity index (χ2v) is 6.94. The molecule has 1 aliphatic rings. The van der Waals surface area contributed by atoms with Gasteiger partial charge in [0.2, 0.25) is 0 Å². The molecule has 0 spiro atoms. The zero-order valence-electron chi connectivity index (χ0n) is 15.9. The Hall–Kier alpha value is -3.99. The molecule has 2 heterocycles. The van der Waals surface area contributed by atoms with E-state index in [4.69, 9.17) is 5.26 Å². The van der Waals surface area contributed by atoms with Crippen molar-refractivity contribution in [2.24, 2.45) is 0 Å². The third kappa shape index (κ3) is 3.31. The summed E-state index contributed by atoms with van der Waals surface area (Å²) in [6, 6.07) is 13.2. The first-order valence-corrected chi connectivity index (χ1v) is 9.39. The van der Waals surface area contributed by atoms with E-state index in [1.54, 1.807) is 29.2 Å². The molecule has 7 nitrogen and oxygen atoms in total. The Morgan fingerprint density at radius 2 is 1.63 bits per heavy atom. The van der Waals surface area contributed by atoms with E-state index in [1.807, 2.05) is 12.1 Å². The summed E-state index contributed by atoms with van der Waals surface area (Å²) in [5, 5.41) is 9.09. The maximum absolute atomic E-state index is 14.3. The van der Waals surface area contributed by atoms with Gasteiger partial charge in [-0.25, -0.2) is 4.39 Å². The van der Waals surface area contributed by atoms with Crippen LogP contribution in [0.4, 0.5) is 4.39 Å². The highest BCUT2D eigenvalue weighted by molar-refractivity contribution is 6.45. The minimum Gasteiger partial charge on any atom is -0.359 e. The number of rotatable bonds is 3. The van der Waals surface area contributed by atoms with Gasteiger partial charge in [-0.15, -0.1) is 0 Å². The van der Waals surface area contributed by atoms with E-state index in [1.165, 1.54) is 17.2 Å². The number of H-pyrrole nitrogens is 1. The molecule has 0 radical (unpaired) electrons. The molecule has 1 saturated heterocycles. The fourth-order valence-electron chi connectivity index (χ4n) is 3.61. The number of fused-ring (bicyclic) bond motifs is 1. The van der Waals surface area contributed by atoms with Crippen LogP contribution < -0.4 is 0 Å². The molecule has 0 aliphatic carbocycles. The number of nitrogens with zero attached hydrogens (tertiary/aromatic N) is 3. The number of Topliss-reactive ketones (excluding diaryl/α,β-unsaturated/α-hetero) is 1. The van der Waals surface area contributed by atoms with E-state index in [2.05, 4.69) is 4.98 Å². The van der Waals surface area contributed by atoms with Crippen molar-refractivity contribution in [2.75, 3.05) is 26.2 Å². The standard InChI is InChI=1S/C22H17FN4O3/c23-17-7-6-15(12-24)19-18(17)16(13-25-19)20(28)22(30)27-10-8-26(9-11-27)21(29)14-4-2-1-3-5-14/h1-7,13,25H,8-11H2. The van der Waals surface area contributed by atoms with E-state index >= 15 is 0 Å². The second-order valence-electron chi connectivity index (χ2n) is 6.94. The van der Waals surface area contributed by atoms with Crippen LogP contribution in [0.2, 0.25) is 0 Å². The topological polar surface area (TPSA) is 97.3 Å². The lowest BCUT2D eigenvalue weighted by Crippen LogP contribution is -2.52. The molecule has 150 valence electrons. The van der Waals surface area contributed by atoms with Gasteiger partial charge in [0, 0.05) is 43.3 Å². The van der Waals surface area contributed by atoms with E-state index in [9.17, 15) is 18.8 Å². The van der Waals surface area contributed by atoms with Gasteiger partial charge in [0.25, 0.3) is 17.6 Å². The third-order valence-corrected chi connectivity index (χ3v) is 5.22. The highest BCUT2D eigenvalue weighted by Crippen LogP contribution is 2.25. The summed E-state index contributed by atoms with van der Waals surface area (Å²) in [7, 11) is 0. The number of aromatic nitrogens is 1. The Labute approximate surface area is 171 Å². The zero-order valence-corrected chi connectivity index (χ0v) is 15.9. The normalized spacial score (nSPS) is 13.9. The number of carbonyl (C=O) groups is 3. The van der Waals surface area contributed by atoms with Crippen LogP contribution in [0, 0.1) is 17.1 Å². The van der Waals surface area contributed by atoms with E-state index < -0.39 is 17.5 Å². The van der Waals surface area contributed by atoms with Crippen LogP contribution in [0.1, 0.15) is 26.3 Å². The molecule has 1 aliphatic heterocycles. The van der Waals surface area contributed by atoms with Crippen LogP contribution in [0.3, 0.4) is 0 Å². The van der Waals surface area contributed by atoms with Crippen molar-refractivity contribution >= 4 is 28.5 Å². The van der Waals surface area contributed by atoms with Crippen LogP contribution in [0.25, 0.3) is 10.9 Å². The number of amides is 2. The number of aromatic amines is 1. The molecule has 3 aromatic rings. The minimum absolute atomic E-state index is 0.0645. The molecule has 2 aromatic carbocycles. The number of nitriles is 1. The van der Waals surface area contributed by atoms with Crippen molar-refractivity contribution in [3.05, 3.63) is 71.2 Å². The van der Waals surface area contributed by atoms with Crippen molar-refractivity contribution in [1.29, 1.82) is 5.26 Å². The summed E-state index contributed by atoms with van der Waals surface area (Å²) in [5.41, 5.74) is 0.834. The molecule has 8 heteroatoms. The molecule has 1 N–H and O–H groups in total. The van der Waals surface area contributed by atoms with Crippen LogP contribution in [-0.2, 0) is 4.79 Å². The van der Waals surface area contributed by atoms with Crippen molar-refractivity contribution in [1.82, 2.24) is 14.8 Å². The van der Waals surface area contributed by atoms with Gasteiger partial charge < -0.3 is 14.8 Å². The summed E-state index contributed by atoms with van der Waals surface area (Å²) in [6.07, 6.45) is 1.25. The number of ketones is 1. The lowest BCUT2D eigenvalue weighted by atomic mass is 10.0. The summed E-state index contributed by atoms with van der Waals surface area (Å²) in [6.45, 7) is 1.01. The van der Waals surface area contributed by atoms with Crippen molar-refractivity contribution in [2.45, 2.75) is 0 Å². The summed E-state index contributed by atoms with van der Waals surface area (Å²) < 4.78 is 14.3. The molecule has 2 amide bonds. The smallest absolute Gasteiger partial charge is 0.295 e. The average molecular weight is 404 g/mol. The Kier molecular flexibility index (Phi) is 5.02. The molecule has 1 aromatic heterocycles. The molecular weight excluding hydrogens is 387 g/mol. The Morgan fingerprint density at radius 3 is 2.30 bits per heavy atom. The van der Waals surface area contributed by atoms with Gasteiger partial charge in [-0.05, 0) is 24.3 Å². The molecule has 0 bridgehead atoms. The number of carbonyl (C=O) groups excluding carboxylic acids is 3. The number of halogens is 1. The van der Waals surface area contributed by atoms with Crippen LogP contribution in [0.15, 0.2) is 48.7 Å². The summed E-state index contributed by atoms with van der Waals surface area (Å²) in [4.78, 5) is 43.7. The first kappa shape index (κ1) is 19.3. The molecule has 30 heavy (non-hydrogen) atoms. The fourth-order valence-corrected chi connectivity index (χ4v) is 3.61. The van der Waals surface area contributed by atoms with Crippen molar-refractivity contribution < 1.29 is 18.8 Å². The summed E-state index contributed by atoms with van der Waals surface area (Å²) >= 11 is 0. The highest BCUT2D eigenvalue weighted by Gasteiger charge is 2.30. The number of nitrogens with one attached hydrogen (secondary N) is 1. The number of hydrogen-bond acceptors (Lipinski definition) is 4. The monoisotopic (exact) mass is 404 g/mol. The largest absolute Gasteiger partial charge is 0.359 e. The first-order valence-electron chi connectivity index (χ1n) is 9.39. The number of piperazine rings is 1. The lowest BCUT2D eigenvalue weighted by Gasteiger charge is -2.34. The number of hydrogen-bond donors (Lipinski definition) is 1. The van der Waals surface area contributed by atoms with Gasteiger partial charge >= 0.3 is 0 Å². The minimum atomic E-state index is -0.849. The van der Waals surface area contributed by atoms with Crippen molar-refractivity contribution in [3.8, 4) is 6.07 Å². The van der Waals surface area contributed by atoms with Crippen molar-refractivity contribution in [3.63, 3.8) is 0 Å². The maximum Gasteiger partial charge on any atom is 0.295 e. The van der Waals surface area contributed by atoms with Crippen LogP contribution in [0.5, 0.6) is 0 Å². The second kappa shape index (κ2) is 7.79. The Balaban J connectivity index is 1.49. The average Bonchev–Trinajstić information content (AvgIpc) is 3.25. The van der Waals surface area contributed by atoms with E-state index in [-0.39, 0.29) is 41.0 Å². The molecule has 0 saturated carbocycles. The van der Waals surface area contributed by atoms with Gasteiger partial charge in [0.15, 0.2) is 0 Å². The van der Waals surface area contributed by atoms with Crippen LogP contribution >= 0.6 is 0 Å². The molecule has 1 fully saturated rings. The van der Waals surface area contributed by atoms with E-state index in [0.29, 0.717) is 18.7 Å². The highest BCUT2D eigenvalue weighted by atomic mass is 19.1. The fraction of sp³-hybridized carbons (Fsp3) is 0.182. The van der Waals surface area contributed by atoms with Gasteiger partial charge in [-0.3, -0.25) is 14.4 Å². The Morgan fingerprint density at radius 1 is 0.967 bits per heavy atom.